The fourth-order valence-corrected chi connectivity index (χ4v) is 6.09. The Kier molecular flexibility index (Phi) is 9.60. The average molecular weight is 630 g/mol. The van der Waals surface area contributed by atoms with Crippen molar-refractivity contribution < 1.29 is 37.4 Å². The van der Waals surface area contributed by atoms with Gasteiger partial charge in [-0.3, -0.25) is 13.9 Å². The summed E-state index contributed by atoms with van der Waals surface area (Å²) in [5.41, 5.74) is 4.47. The van der Waals surface area contributed by atoms with Crippen LogP contribution in [0, 0.1) is 0 Å². The Labute approximate surface area is 246 Å². The number of nitrogens with one attached hydrogen (secondary N) is 1. The van der Waals surface area contributed by atoms with Crippen molar-refractivity contribution in [3.63, 3.8) is 0 Å². The largest absolute Gasteiger partial charge is 0.462 e. The van der Waals surface area contributed by atoms with Crippen LogP contribution < -0.4 is 20.2 Å². The highest BCUT2D eigenvalue weighted by Gasteiger charge is 2.57. The number of rotatable bonds is 12. The average Bonchev–Trinajstić information content (AvgIpc) is 3.45. The number of fused-ring (bicyclic) bond motifs is 1. The highest BCUT2D eigenvalue weighted by atomic mass is 35.5. The van der Waals surface area contributed by atoms with Gasteiger partial charge >= 0.3 is 13.7 Å². The van der Waals surface area contributed by atoms with Crippen LogP contribution in [0.1, 0.15) is 27.0 Å². The number of hydrogen-bond donors (Lipinski definition) is 3. The number of hydrogen-bond acceptors (Lipinski definition) is 12. The molecule has 4 rings (SSSR count). The van der Waals surface area contributed by atoms with E-state index in [1.165, 1.54) is 30.0 Å². The molecule has 1 aromatic carbocycles. The molecule has 6 atom stereocenters. The smallest absolute Gasteiger partial charge is 0.459 e. The SMILES string of the molecule is CC(C)OC(=O)[C@H](C)N[P@](=O)(OC[C@@]1(CCl)O[C@@H](n2cnc3c(N(C)C)nc(N)nc32)[C@H](F)[C@@H]1O)Oc1ccccc1. The number of aliphatic hydroxyl groups is 1. The molecule has 1 aliphatic heterocycles. The van der Waals surface area contributed by atoms with E-state index >= 15 is 4.39 Å². The van der Waals surface area contributed by atoms with Crippen molar-refractivity contribution in [1.82, 2.24) is 24.6 Å². The fraction of sp³-hybridized carbons (Fsp3) is 0.520. The number of esters is 1. The predicted octanol–water partition coefficient (Wildman–Crippen LogP) is 2.81. The van der Waals surface area contributed by atoms with Crippen LogP contribution in [0.15, 0.2) is 36.7 Å². The van der Waals surface area contributed by atoms with Crippen LogP contribution in [-0.4, -0.2) is 87.2 Å². The van der Waals surface area contributed by atoms with E-state index in [9.17, 15) is 14.5 Å². The lowest BCUT2D eigenvalue weighted by atomic mass is 9.99. The predicted molar refractivity (Wildman–Crippen MR) is 153 cm³/mol. The van der Waals surface area contributed by atoms with Crippen LogP contribution in [0.3, 0.4) is 0 Å². The van der Waals surface area contributed by atoms with Crippen LogP contribution in [0.5, 0.6) is 5.75 Å². The lowest BCUT2D eigenvalue weighted by Crippen LogP contribution is -2.48. The number of alkyl halides is 2. The van der Waals surface area contributed by atoms with Crippen molar-refractivity contribution in [3.8, 4) is 5.75 Å². The molecular formula is C25H34ClFN7O7P. The molecule has 0 unspecified atom stereocenters. The van der Waals surface area contributed by atoms with Gasteiger partial charge in [0.05, 0.1) is 24.9 Å². The van der Waals surface area contributed by atoms with Gasteiger partial charge in [0.1, 0.15) is 23.5 Å². The van der Waals surface area contributed by atoms with E-state index < -0.39 is 62.5 Å². The molecule has 3 aromatic rings. The molecule has 1 aliphatic rings. The molecule has 3 heterocycles. The van der Waals surface area contributed by atoms with Gasteiger partial charge in [0.25, 0.3) is 0 Å². The third-order valence-corrected chi connectivity index (χ3v) is 8.39. The number of aromatic nitrogens is 4. The van der Waals surface area contributed by atoms with Crippen molar-refractivity contribution in [2.24, 2.45) is 0 Å². The van der Waals surface area contributed by atoms with Crippen molar-refractivity contribution in [1.29, 1.82) is 0 Å². The second kappa shape index (κ2) is 12.7. The van der Waals surface area contributed by atoms with Crippen LogP contribution in [0.4, 0.5) is 16.2 Å². The maximum atomic E-state index is 15.7. The minimum atomic E-state index is -4.38. The summed E-state index contributed by atoms with van der Waals surface area (Å²) in [6.45, 7) is 4.06. The molecule has 1 saturated heterocycles. The summed E-state index contributed by atoms with van der Waals surface area (Å²) in [4.78, 5) is 26.8. The Balaban J connectivity index is 1.62. The first-order valence-corrected chi connectivity index (χ1v) is 15.1. The van der Waals surface area contributed by atoms with Crippen molar-refractivity contribution in [3.05, 3.63) is 36.7 Å². The first-order valence-electron chi connectivity index (χ1n) is 13.0. The van der Waals surface area contributed by atoms with Gasteiger partial charge in [-0.25, -0.2) is 13.9 Å². The maximum Gasteiger partial charge on any atom is 0.459 e. The quantitative estimate of drug-likeness (QED) is 0.152. The van der Waals surface area contributed by atoms with Gasteiger partial charge in [0.15, 0.2) is 29.4 Å². The van der Waals surface area contributed by atoms with Gasteiger partial charge in [-0.2, -0.15) is 15.1 Å². The van der Waals surface area contributed by atoms with Crippen molar-refractivity contribution in [2.75, 3.05) is 37.2 Å². The Morgan fingerprint density at radius 3 is 2.62 bits per heavy atom. The van der Waals surface area contributed by atoms with Gasteiger partial charge in [0.2, 0.25) is 5.95 Å². The number of para-hydroxylation sites is 1. The summed E-state index contributed by atoms with van der Waals surface area (Å²) in [6, 6.07) is 6.94. The summed E-state index contributed by atoms with van der Waals surface area (Å²) in [5.74, 6) is -0.695. The summed E-state index contributed by atoms with van der Waals surface area (Å²) in [7, 11) is -0.911. The number of nitrogens with zero attached hydrogens (tertiary/aromatic N) is 5. The molecule has 1 fully saturated rings. The number of nitrogen functional groups attached to an aromatic ring is 1. The molecule has 0 bridgehead atoms. The molecule has 230 valence electrons. The first-order chi connectivity index (χ1) is 19.8. The first kappa shape index (κ1) is 31.9. The molecule has 0 amide bonds. The molecular weight excluding hydrogens is 596 g/mol. The highest BCUT2D eigenvalue weighted by molar-refractivity contribution is 7.52. The molecule has 0 radical (unpaired) electrons. The van der Waals surface area contributed by atoms with Crippen molar-refractivity contribution >= 4 is 48.2 Å². The van der Waals surface area contributed by atoms with E-state index in [0.29, 0.717) is 11.3 Å². The summed E-state index contributed by atoms with van der Waals surface area (Å²) < 4.78 is 53.4. The van der Waals surface area contributed by atoms with Gasteiger partial charge in [-0.05, 0) is 32.9 Å². The van der Waals surface area contributed by atoms with E-state index in [2.05, 4.69) is 20.0 Å². The summed E-state index contributed by atoms with van der Waals surface area (Å²) >= 11 is 6.23. The number of carbonyl (C=O) groups excluding carboxylic acids is 1. The monoisotopic (exact) mass is 629 g/mol. The van der Waals surface area contributed by atoms with E-state index in [-0.39, 0.29) is 17.3 Å². The second-order valence-electron chi connectivity index (χ2n) is 10.2. The van der Waals surface area contributed by atoms with E-state index in [0.717, 1.165) is 0 Å². The van der Waals surface area contributed by atoms with E-state index in [4.69, 9.17) is 35.9 Å². The third kappa shape index (κ3) is 6.61. The standard InChI is InChI=1S/C25H34ClFN7O7P/c1-14(2)39-23(36)15(3)32-42(37,41-16-9-7-6-8-10-16)38-12-25(11-26)19(35)17(27)22(40-25)34-13-29-18-20(33(4)5)30-24(28)31-21(18)34/h6-10,13-15,17,19,22,35H,11-12H2,1-5H3,(H,32,37)(H2,28,30,31)/t15-,17+,19-,22+,25+,42-/m0/s1. The van der Waals surface area contributed by atoms with Gasteiger partial charge in [-0.15, -0.1) is 11.6 Å². The normalized spacial score (nSPS) is 24.5. The number of ether oxygens (including phenoxy) is 2. The van der Waals surface area contributed by atoms with Crippen LogP contribution in [0.2, 0.25) is 0 Å². The Morgan fingerprint density at radius 1 is 1.31 bits per heavy atom. The molecule has 17 heteroatoms. The number of benzene rings is 1. The Hall–Kier alpha value is -3.07. The molecule has 42 heavy (non-hydrogen) atoms. The number of halogens is 2. The van der Waals surface area contributed by atoms with E-state index in [1.54, 1.807) is 51.0 Å². The molecule has 0 saturated carbocycles. The topological polar surface area (TPSA) is 176 Å². The zero-order valence-corrected chi connectivity index (χ0v) is 25.3. The van der Waals surface area contributed by atoms with Crippen LogP contribution in [-0.2, 0) is 23.4 Å². The number of aliphatic hydroxyl groups excluding tert-OH is 1. The zero-order valence-electron chi connectivity index (χ0n) is 23.7. The van der Waals surface area contributed by atoms with Crippen LogP contribution >= 0.6 is 19.3 Å². The van der Waals surface area contributed by atoms with Crippen LogP contribution in [0.25, 0.3) is 11.2 Å². The minimum absolute atomic E-state index is 0.0796. The summed E-state index contributed by atoms with van der Waals surface area (Å²) in [6.07, 6.45) is -4.47. The lowest BCUT2D eigenvalue weighted by molar-refractivity contribution is -0.149. The lowest BCUT2D eigenvalue weighted by Gasteiger charge is -2.31. The van der Waals surface area contributed by atoms with Gasteiger partial charge in [-0.1, -0.05) is 18.2 Å². The fourth-order valence-electron chi connectivity index (χ4n) is 4.24. The third-order valence-electron chi connectivity index (χ3n) is 6.32. The molecule has 14 nitrogen and oxygen atoms in total. The molecule has 2 aromatic heterocycles. The van der Waals surface area contributed by atoms with Gasteiger partial charge in [0, 0.05) is 14.1 Å². The second-order valence-corrected chi connectivity index (χ2v) is 12.2. The number of carbonyl (C=O) groups is 1. The number of anilines is 2. The number of nitrogens with two attached hydrogens (primary N) is 1. The van der Waals surface area contributed by atoms with E-state index in [1.807, 2.05) is 0 Å². The molecule has 4 N–H and O–H groups in total. The maximum absolute atomic E-state index is 15.7. The molecule has 0 spiro atoms. The summed E-state index contributed by atoms with van der Waals surface area (Å²) in [5, 5.41) is 13.5. The Bertz CT molecular complexity index is 1450. The van der Waals surface area contributed by atoms with Gasteiger partial charge < -0.3 is 29.7 Å². The zero-order chi connectivity index (χ0) is 30.8. The highest BCUT2D eigenvalue weighted by Crippen LogP contribution is 2.49. The number of imidazole rings is 1. The van der Waals surface area contributed by atoms with Crippen molar-refractivity contribution in [2.45, 2.75) is 57.0 Å². The Morgan fingerprint density at radius 2 is 2.00 bits per heavy atom. The molecule has 0 aliphatic carbocycles. The minimum Gasteiger partial charge on any atom is -0.462 e.